The van der Waals surface area contributed by atoms with Crippen LogP contribution in [0.4, 0.5) is 0 Å². The first-order valence-corrected chi connectivity index (χ1v) is 8.11. The molecule has 0 saturated heterocycles. The van der Waals surface area contributed by atoms with Crippen molar-refractivity contribution in [3.05, 3.63) is 59.4 Å². The molecule has 3 heteroatoms. The van der Waals surface area contributed by atoms with Crippen molar-refractivity contribution in [1.29, 1.82) is 0 Å². The number of hydrogen-bond donors (Lipinski definition) is 0. The van der Waals surface area contributed by atoms with Crippen molar-refractivity contribution < 1.29 is 0 Å². The molecule has 3 aromatic rings. The van der Waals surface area contributed by atoms with E-state index >= 15 is 0 Å². The van der Waals surface area contributed by atoms with Gasteiger partial charge in [0.15, 0.2) is 0 Å². The Morgan fingerprint density at radius 2 is 1.62 bits per heavy atom. The Hall–Kier alpha value is -1.74. The summed E-state index contributed by atoms with van der Waals surface area (Å²) in [5, 5.41) is 0. The Labute approximate surface area is 131 Å². The molecule has 2 aromatic heterocycles. The number of hydrogen-bond acceptors (Lipinski definition) is 2. The largest absolute Gasteiger partial charge is 0.282 e. The van der Waals surface area contributed by atoms with Gasteiger partial charge in [-0.05, 0) is 62.5 Å². The lowest BCUT2D eigenvalue weighted by molar-refractivity contribution is 1.19. The molecule has 0 fully saturated rings. The predicted octanol–water partition coefficient (Wildman–Crippen LogP) is 5.54. The molecule has 3 rings (SSSR count). The fourth-order valence-electron chi connectivity index (χ4n) is 2.20. The highest BCUT2D eigenvalue weighted by Crippen LogP contribution is 2.30. The lowest BCUT2D eigenvalue weighted by Crippen LogP contribution is -1.91. The Balaban J connectivity index is 0.000000774. The van der Waals surface area contributed by atoms with Crippen molar-refractivity contribution in [2.45, 2.75) is 39.5 Å². The Bertz CT molecular complexity index is 727. The maximum Gasteiger partial charge on any atom is 0.0895 e. The molecule has 0 bridgehead atoms. The van der Waals surface area contributed by atoms with Crippen molar-refractivity contribution in [3.8, 4) is 0 Å². The summed E-state index contributed by atoms with van der Waals surface area (Å²) in [6, 6.07) is 12.8. The first-order valence-electron chi connectivity index (χ1n) is 7.34. The highest BCUT2D eigenvalue weighted by atomic mass is 32.2. The molecule has 110 valence electrons. The molecule has 2 nitrogen and oxygen atoms in total. The normalized spacial score (nSPS) is 10.3. The zero-order valence-electron chi connectivity index (χ0n) is 13.3. The van der Waals surface area contributed by atoms with Crippen LogP contribution < -0.4 is 0 Å². The molecule has 0 spiro atoms. The van der Waals surface area contributed by atoms with Crippen molar-refractivity contribution in [2.75, 3.05) is 0 Å². The molecule has 0 aliphatic heterocycles. The number of aromatic nitrogens is 2. The SMILES string of the molecule is CC.Cc1ccc(Sn2c(C)cc3nccc(C)c32)cc1. The van der Waals surface area contributed by atoms with Crippen molar-refractivity contribution in [3.63, 3.8) is 0 Å². The summed E-state index contributed by atoms with van der Waals surface area (Å²) >= 11 is 1.75. The van der Waals surface area contributed by atoms with Crippen LogP contribution in [0, 0.1) is 20.8 Å². The summed E-state index contributed by atoms with van der Waals surface area (Å²) in [4.78, 5) is 5.69. The van der Waals surface area contributed by atoms with Gasteiger partial charge in [-0.2, -0.15) is 0 Å². The number of aryl methyl sites for hydroxylation is 3. The van der Waals surface area contributed by atoms with Gasteiger partial charge in [0.25, 0.3) is 0 Å². The number of rotatable bonds is 2. The fraction of sp³-hybridized carbons (Fsp3) is 0.278. The van der Waals surface area contributed by atoms with Gasteiger partial charge in [0, 0.05) is 16.8 Å². The maximum atomic E-state index is 4.45. The summed E-state index contributed by atoms with van der Waals surface area (Å²) in [5.41, 5.74) is 6.05. The molecule has 21 heavy (non-hydrogen) atoms. The summed E-state index contributed by atoms with van der Waals surface area (Å²) in [5.74, 6) is 0. The van der Waals surface area contributed by atoms with Crippen LogP contribution in [0.5, 0.6) is 0 Å². The van der Waals surface area contributed by atoms with Gasteiger partial charge in [-0.3, -0.25) is 8.96 Å². The van der Waals surface area contributed by atoms with Gasteiger partial charge in [-0.1, -0.05) is 31.5 Å². The van der Waals surface area contributed by atoms with Crippen LogP contribution in [-0.2, 0) is 0 Å². The van der Waals surface area contributed by atoms with Crippen LogP contribution in [0.1, 0.15) is 30.7 Å². The third-order valence-corrected chi connectivity index (χ3v) is 4.38. The van der Waals surface area contributed by atoms with Crippen LogP contribution in [0.2, 0.25) is 0 Å². The van der Waals surface area contributed by atoms with Crippen LogP contribution in [0.15, 0.2) is 47.5 Å². The van der Waals surface area contributed by atoms with E-state index in [1.54, 1.807) is 11.9 Å². The average Bonchev–Trinajstić information content (AvgIpc) is 2.81. The smallest absolute Gasteiger partial charge is 0.0895 e. The summed E-state index contributed by atoms with van der Waals surface area (Å²) in [7, 11) is 0. The molecule has 0 N–H and O–H groups in total. The van der Waals surface area contributed by atoms with E-state index in [2.05, 4.69) is 66.1 Å². The monoisotopic (exact) mass is 298 g/mol. The highest BCUT2D eigenvalue weighted by molar-refractivity contribution is 7.98. The van der Waals surface area contributed by atoms with Gasteiger partial charge < -0.3 is 0 Å². The number of nitrogens with zero attached hydrogens (tertiary/aromatic N) is 2. The van der Waals surface area contributed by atoms with Crippen LogP contribution in [-0.4, -0.2) is 8.96 Å². The molecule has 0 radical (unpaired) electrons. The van der Waals surface area contributed by atoms with Gasteiger partial charge in [-0.25, -0.2) is 0 Å². The molecular formula is C18H22N2S. The van der Waals surface area contributed by atoms with Gasteiger partial charge in [0.05, 0.1) is 11.0 Å². The zero-order valence-corrected chi connectivity index (χ0v) is 14.2. The van der Waals surface area contributed by atoms with Gasteiger partial charge in [0.1, 0.15) is 0 Å². The fourth-order valence-corrected chi connectivity index (χ4v) is 3.19. The lowest BCUT2D eigenvalue weighted by Gasteiger charge is -2.08. The number of fused-ring (bicyclic) bond motifs is 1. The molecule has 0 amide bonds. The summed E-state index contributed by atoms with van der Waals surface area (Å²) in [6.45, 7) is 10.4. The van der Waals surface area contributed by atoms with E-state index in [9.17, 15) is 0 Å². The van der Waals surface area contributed by atoms with E-state index in [0.717, 1.165) is 5.52 Å². The predicted molar refractivity (Wildman–Crippen MR) is 93.0 cm³/mol. The Morgan fingerprint density at radius 3 is 2.29 bits per heavy atom. The summed E-state index contributed by atoms with van der Waals surface area (Å²) in [6.07, 6.45) is 1.87. The first kappa shape index (κ1) is 15.6. The van der Waals surface area contributed by atoms with Crippen LogP contribution >= 0.6 is 11.9 Å². The van der Waals surface area contributed by atoms with E-state index in [4.69, 9.17) is 0 Å². The minimum Gasteiger partial charge on any atom is -0.282 e. The highest BCUT2D eigenvalue weighted by Gasteiger charge is 2.10. The Kier molecular flexibility index (Phi) is 5.07. The average molecular weight is 298 g/mol. The number of benzene rings is 1. The van der Waals surface area contributed by atoms with E-state index in [1.165, 1.54) is 27.2 Å². The van der Waals surface area contributed by atoms with Crippen molar-refractivity contribution in [2.24, 2.45) is 0 Å². The molecule has 1 aromatic carbocycles. The molecule has 2 heterocycles. The molecule has 0 aliphatic carbocycles. The molecule has 0 unspecified atom stereocenters. The second kappa shape index (κ2) is 6.81. The Morgan fingerprint density at radius 1 is 0.952 bits per heavy atom. The quantitative estimate of drug-likeness (QED) is 0.618. The van der Waals surface area contributed by atoms with Gasteiger partial charge in [-0.15, -0.1) is 0 Å². The van der Waals surface area contributed by atoms with Crippen molar-refractivity contribution >= 4 is 23.0 Å². The van der Waals surface area contributed by atoms with E-state index < -0.39 is 0 Å². The number of pyridine rings is 1. The van der Waals surface area contributed by atoms with Crippen LogP contribution in [0.3, 0.4) is 0 Å². The lowest BCUT2D eigenvalue weighted by atomic mass is 10.2. The summed E-state index contributed by atoms with van der Waals surface area (Å²) < 4.78 is 2.27. The second-order valence-corrected chi connectivity index (χ2v) is 5.87. The van der Waals surface area contributed by atoms with Gasteiger partial charge in [0.2, 0.25) is 0 Å². The third kappa shape index (κ3) is 3.30. The first-order chi connectivity index (χ1) is 10.1. The molecule has 0 saturated carbocycles. The van der Waals surface area contributed by atoms with E-state index in [-0.39, 0.29) is 0 Å². The minimum atomic E-state index is 1.07. The zero-order chi connectivity index (χ0) is 15.4. The molecular weight excluding hydrogens is 276 g/mol. The third-order valence-electron chi connectivity index (χ3n) is 3.24. The van der Waals surface area contributed by atoms with Gasteiger partial charge >= 0.3 is 0 Å². The van der Waals surface area contributed by atoms with E-state index in [0.29, 0.717) is 0 Å². The van der Waals surface area contributed by atoms with Crippen molar-refractivity contribution in [1.82, 2.24) is 8.96 Å². The topological polar surface area (TPSA) is 17.8 Å². The standard InChI is InChI=1S/C16H16N2S.C2H6/c1-11-4-6-14(7-5-11)19-18-13(3)10-15-16(18)12(2)8-9-17-15;1-2/h4-10H,1-3H3;1-2H3. The van der Waals surface area contributed by atoms with E-state index in [1.807, 2.05) is 20.0 Å². The molecule has 0 atom stereocenters. The maximum absolute atomic E-state index is 4.45. The molecule has 0 aliphatic rings. The van der Waals surface area contributed by atoms with Crippen LogP contribution in [0.25, 0.3) is 11.0 Å². The minimum absolute atomic E-state index is 1.07. The second-order valence-electron chi connectivity index (χ2n) is 4.85.